The van der Waals surface area contributed by atoms with E-state index in [4.69, 9.17) is 0 Å². The molecule has 0 amide bonds. The van der Waals surface area contributed by atoms with Crippen molar-refractivity contribution < 1.29 is 0 Å². The number of hydrogen-bond donors (Lipinski definition) is 0. The summed E-state index contributed by atoms with van der Waals surface area (Å²) in [5.74, 6) is 0. The quantitative estimate of drug-likeness (QED) is 0.450. The number of nitrogens with zero attached hydrogens (tertiary/aromatic N) is 4. The van der Waals surface area contributed by atoms with Crippen molar-refractivity contribution in [2.45, 2.75) is 157 Å². The monoisotopic (exact) mass is 452 g/mol. The minimum atomic E-state index is 0. The third kappa shape index (κ3) is 6.09. The van der Waals surface area contributed by atoms with Crippen molar-refractivity contribution in [1.29, 1.82) is 0 Å². The van der Waals surface area contributed by atoms with Crippen LogP contribution in [0.15, 0.2) is 0 Å². The Morgan fingerprint density at radius 3 is 0.625 bits per heavy atom. The van der Waals surface area contributed by atoms with E-state index in [1.165, 1.54) is 39.0 Å². The first kappa shape index (κ1) is 29.9. The molecule has 0 unspecified atom stereocenters. The van der Waals surface area contributed by atoms with Crippen LogP contribution < -0.4 is 0 Å². The summed E-state index contributed by atoms with van der Waals surface area (Å²) in [4.78, 5) is 10.8. The Labute approximate surface area is 203 Å². The molecule has 4 bridgehead atoms. The lowest BCUT2D eigenvalue weighted by Gasteiger charge is -2.46. The largest absolute Gasteiger partial charge is 0.293 e. The first-order valence-electron chi connectivity index (χ1n) is 12.5. The van der Waals surface area contributed by atoms with Crippen molar-refractivity contribution in [3.63, 3.8) is 0 Å². The van der Waals surface area contributed by atoms with Gasteiger partial charge in [-0.25, -0.2) is 0 Å². The molecule has 4 aliphatic rings. The first-order valence-corrected chi connectivity index (χ1v) is 12.5. The van der Waals surface area contributed by atoms with Crippen LogP contribution in [0.25, 0.3) is 0 Å². The average Bonchev–Trinajstić information content (AvgIpc) is 3.30. The average molecular weight is 453 g/mol. The number of hydrogen-bond acceptors (Lipinski definition) is 4. The number of piperazine rings is 2. The van der Waals surface area contributed by atoms with Gasteiger partial charge in [0.25, 0.3) is 0 Å². The highest BCUT2D eigenvalue weighted by atomic mass is 15.4. The Morgan fingerprint density at radius 2 is 0.531 bits per heavy atom. The maximum Gasteiger partial charge on any atom is 0.0244 e. The van der Waals surface area contributed by atoms with Crippen LogP contribution in [0.5, 0.6) is 0 Å². The number of rotatable bonds is 0. The Balaban J connectivity index is 0.000000301. The van der Waals surface area contributed by atoms with E-state index in [9.17, 15) is 0 Å². The minimum absolute atomic E-state index is 0. The Hall–Kier alpha value is -0.160. The third-order valence-electron chi connectivity index (χ3n) is 7.93. The molecule has 0 spiro atoms. The van der Waals surface area contributed by atoms with Crippen molar-refractivity contribution in [2.24, 2.45) is 0 Å². The maximum absolute atomic E-state index is 2.69. The topological polar surface area (TPSA) is 13.0 Å². The van der Waals surface area contributed by atoms with Crippen LogP contribution in [-0.2, 0) is 0 Å². The van der Waals surface area contributed by atoms with E-state index in [0.29, 0.717) is 22.2 Å². The van der Waals surface area contributed by atoms with E-state index >= 15 is 0 Å². The molecule has 4 nitrogen and oxygen atoms in total. The molecule has 0 saturated carbocycles. The van der Waals surface area contributed by atoms with Gasteiger partial charge in [0.05, 0.1) is 0 Å². The van der Waals surface area contributed by atoms with Gasteiger partial charge < -0.3 is 0 Å². The molecule has 0 aliphatic carbocycles. The van der Waals surface area contributed by atoms with Crippen LogP contribution >= 0.6 is 0 Å². The second-order valence-corrected chi connectivity index (χ2v) is 14.4. The molecule has 0 aromatic rings. The fourth-order valence-corrected chi connectivity index (χ4v) is 6.62. The molecule has 4 aliphatic heterocycles. The highest BCUT2D eigenvalue weighted by molar-refractivity contribution is 5.07. The molecule has 4 heteroatoms. The van der Waals surface area contributed by atoms with Gasteiger partial charge in [0, 0.05) is 72.5 Å². The molecule has 0 aromatic carbocycles. The lowest BCUT2D eigenvalue weighted by atomic mass is 10.0. The zero-order valence-electron chi connectivity index (χ0n) is 22.3. The van der Waals surface area contributed by atoms with Gasteiger partial charge in [0.1, 0.15) is 0 Å². The van der Waals surface area contributed by atoms with Gasteiger partial charge in [-0.05, 0) is 95.9 Å². The second-order valence-electron chi connectivity index (χ2n) is 14.4. The predicted molar refractivity (Wildman–Crippen MR) is 144 cm³/mol. The summed E-state index contributed by atoms with van der Waals surface area (Å²) >= 11 is 0. The van der Waals surface area contributed by atoms with Crippen LogP contribution in [0.2, 0.25) is 0 Å². The zero-order valence-corrected chi connectivity index (χ0v) is 22.3. The highest BCUT2D eigenvalue weighted by Crippen LogP contribution is 2.39. The fourth-order valence-electron chi connectivity index (χ4n) is 6.62. The summed E-state index contributed by atoms with van der Waals surface area (Å²) in [7, 11) is 0. The minimum Gasteiger partial charge on any atom is -0.293 e. The van der Waals surface area contributed by atoms with Gasteiger partial charge in [-0.2, -0.15) is 0 Å². The molecule has 4 atom stereocenters. The molecule has 0 aromatic heterocycles. The first-order chi connectivity index (χ1) is 13.4. The summed E-state index contributed by atoms with van der Waals surface area (Å²) in [5, 5.41) is 0. The van der Waals surface area contributed by atoms with Gasteiger partial charge in [-0.15, -0.1) is 0 Å². The van der Waals surface area contributed by atoms with E-state index in [1.807, 2.05) is 0 Å². The van der Waals surface area contributed by atoms with Crippen molar-refractivity contribution in [2.75, 3.05) is 26.2 Å². The molecule has 192 valence electrons. The molecule has 4 saturated heterocycles. The van der Waals surface area contributed by atoms with Gasteiger partial charge in [-0.3, -0.25) is 19.6 Å². The molecule has 0 radical (unpaired) electrons. The van der Waals surface area contributed by atoms with E-state index in [2.05, 4.69) is 103 Å². The summed E-state index contributed by atoms with van der Waals surface area (Å²) in [6, 6.07) is 3.20. The lowest BCUT2D eigenvalue weighted by Crippen LogP contribution is -2.57. The van der Waals surface area contributed by atoms with Crippen molar-refractivity contribution >= 4 is 0 Å². The molecular formula is C28H60N4. The third-order valence-corrected chi connectivity index (χ3v) is 7.93. The summed E-state index contributed by atoms with van der Waals surface area (Å²) < 4.78 is 0. The highest BCUT2D eigenvalue weighted by Gasteiger charge is 2.50. The Kier molecular flexibility index (Phi) is 8.84. The summed E-state index contributed by atoms with van der Waals surface area (Å²) in [6.45, 7) is 33.2. The van der Waals surface area contributed by atoms with Crippen LogP contribution in [-0.4, -0.2) is 92.1 Å². The zero-order chi connectivity index (χ0) is 22.9. The van der Waals surface area contributed by atoms with Crippen molar-refractivity contribution in [1.82, 2.24) is 19.6 Å². The molecule has 4 fully saturated rings. The molecule has 0 N–H and O–H groups in total. The van der Waals surface area contributed by atoms with E-state index < -0.39 is 0 Å². The van der Waals surface area contributed by atoms with Crippen LogP contribution in [0.3, 0.4) is 0 Å². The van der Waals surface area contributed by atoms with Crippen molar-refractivity contribution in [3.05, 3.63) is 0 Å². The van der Waals surface area contributed by atoms with Crippen LogP contribution in [0, 0.1) is 0 Å². The van der Waals surface area contributed by atoms with Gasteiger partial charge >= 0.3 is 0 Å². The number of likely N-dealkylation sites (tertiary alicyclic amines) is 4. The predicted octanol–water partition coefficient (Wildman–Crippen LogP) is 5.96. The Bertz CT molecular complexity index is 495. The van der Waals surface area contributed by atoms with E-state index in [1.54, 1.807) is 0 Å². The fraction of sp³-hybridized carbons (Fsp3) is 1.00. The normalized spacial score (nSPS) is 31.9. The summed E-state index contributed by atoms with van der Waals surface area (Å²) in [6.07, 6.45) is 2.77. The molecule has 4 rings (SSSR count). The van der Waals surface area contributed by atoms with Gasteiger partial charge in [0.15, 0.2) is 0 Å². The standard InChI is InChI=1S/2C13H26N2.2CH4/c2*1-12(2,3)14-8-11-7-10(14)9-15(11)13(4,5)6;;/h2*10-11H,7-9H2,1-6H3;2*1H4/t2*10-,11-;;/m10../s1. The number of fused-ring (bicyclic) bond motifs is 4. The second kappa shape index (κ2) is 9.47. The van der Waals surface area contributed by atoms with Gasteiger partial charge in [-0.1, -0.05) is 14.9 Å². The van der Waals surface area contributed by atoms with Gasteiger partial charge in [0.2, 0.25) is 0 Å². The smallest absolute Gasteiger partial charge is 0.0244 e. The van der Waals surface area contributed by atoms with Crippen LogP contribution in [0.4, 0.5) is 0 Å². The molecule has 32 heavy (non-hydrogen) atoms. The summed E-state index contributed by atoms with van der Waals surface area (Å²) in [5.41, 5.74) is 1.40. The maximum atomic E-state index is 2.69. The van der Waals surface area contributed by atoms with Crippen LogP contribution in [0.1, 0.15) is 111 Å². The molecular weight excluding hydrogens is 392 g/mol. The molecule has 4 heterocycles. The lowest BCUT2D eigenvalue weighted by molar-refractivity contribution is 0.0179. The Morgan fingerprint density at radius 1 is 0.375 bits per heavy atom. The van der Waals surface area contributed by atoms with Crippen molar-refractivity contribution in [3.8, 4) is 0 Å². The van der Waals surface area contributed by atoms with E-state index in [-0.39, 0.29) is 14.9 Å². The SMILES string of the molecule is C.C.CC(C)(C)N1C[C@@H]2C[C@H]1CN2C(C)(C)C.CC(C)(C)N1C[C@H]2C[C@@H]1CN2C(C)(C)C. The van der Waals surface area contributed by atoms with E-state index in [0.717, 1.165) is 24.2 Å².